The van der Waals surface area contributed by atoms with E-state index in [1.165, 1.54) is 6.07 Å². The van der Waals surface area contributed by atoms with Gasteiger partial charge in [-0.1, -0.05) is 44.0 Å². The summed E-state index contributed by atoms with van der Waals surface area (Å²) in [6, 6.07) is 10.3. The molecule has 0 aliphatic rings. The predicted molar refractivity (Wildman–Crippen MR) is 81.0 cm³/mol. The molecule has 0 fully saturated rings. The molecule has 0 saturated carbocycles. The van der Waals surface area contributed by atoms with Gasteiger partial charge in [0, 0.05) is 20.9 Å². The van der Waals surface area contributed by atoms with Crippen molar-refractivity contribution in [3.63, 3.8) is 0 Å². The average molecular weight is 386 g/mol. The highest BCUT2D eigenvalue weighted by atomic mass is 79.9. The van der Waals surface area contributed by atoms with E-state index in [0.717, 1.165) is 10.0 Å². The number of halogens is 3. The molecule has 0 saturated heterocycles. The minimum atomic E-state index is -0.365. The maximum atomic E-state index is 13.7. The van der Waals surface area contributed by atoms with Crippen molar-refractivity contribution in [1.29, 1.82) is 0 Å². The van der Waals surface area contributed by atoms with Crippen LogP contribution >= 0.6 is 31.9 Å². The number of rotatable bonds is 3. The first-order valence-electron chi connectivity index (χ1n) is 5.70. The first-order valence-corrected chi connectivity index (χ1v) is 7.29. The second kappa shape index (κ2) is 5.97. The van der Waals surface area contributed by atoms with Crippen molar-refractivity contribution in [3.8, 4) is 0 Å². The van der Waals surface area contributed by atoms with Crippen LogP contribution in [0, 0.1) is 12.7 Å². The van der Waals surface area contributed by atoms with E-state index in [-0.39, 0.29) is 18.0 Å². The molecule has 0 unspecified atom stereocenters. The van der Waals surface area contributed by atoms with Crippen LogP contribution in [0.4, 0.5) is 4.39 Å². The van der Waals surface area contributed by atoms with E-state index in [2.05, 4.69) is 31.9 Å². The molecule has 1 nitrogen and oxygen atoms in total. The first kappa shape index (κ1) is 14.4. The number of carbonyl (C=O) groups excluding carboxylic acids is 1. The van der Waals surface area contributed by atoms with E-state index >= 15 is 0 Å². The van der Waals surface area contributed by atoms with Crippen molar-refractivity contribution >= 4 is 37.6 Å². The van der Waals surface area contributed by atoms with Crippen LogP contribution in [0.1, 0.15) is 21.5 Å². The largest absolute Gasteiger partial charge is 0.294 e. The van der Waals surface area contributed by atoms with Gasteiger partial charge in [-0.2, -0.15) is 0 Å². The zero-order valence-electron chi connectivity index (χ0n) is 10.2. The molecule has 0 aromatic heterocycles. The second-order valence-electron chi connectivity index (χ2n) is 4.29. The van der Waals surface area contributed by atoms with Crippen molar-refractivity contribution in [2.75, 3.05) is 0 Å². The molecule has 19 heavy (non-hydrogen) atoms. The second-order valence-corrected chi connectivity index (χ2v) is 6.13. The monoisotopic (exact) mass is 384 g/mol. The van der Waals surface area contributed by atoms with Crippen molar-refractivity contribution < 1.29 is 9.18 Å². The number of hydrogen-bond donors (Lipinski definition) is 0. The van der Waals surface area contributed by atoms with Gasteiger partial charge in [-0.25, -0.2) is 4.39 Å². The normalized spacial score (nSPS) is 10.5. The van der Waals surface area contributed by atoms with Gasteiger partial charge in [-0.3, -0.25) is 4.79 Å². The van der Waals surface area contributed by atoms with Crippen LogP contribution in [0.25, 0.3) is 0 Å². The molecule has 2 aromatic rings. The number of carbonyl (C=O) groups is 1. The van der Waals surface area contributed by atoms with E-state index in [1.807, 2.05) is 19.1 Å². The highest BCUT2D eigenvalue weighted by Crippen LogP contribution is 2.20. The quantitative estimate of drug-likeness (QED) is 0.673. The van der Waals surface area contributed by atoms with E-state index in [4.69, 9.17) is 0 Å². The summed E-state index contributed by atoms with van der Waals surface area (Å²) in [4.78, 5) is 12.2. The Labute approximate surface area is 128 Å². The summed E-state index contributed by atoms with van der Waals surface area (Å²) in [6.07, 6.45) is 0.0659. The molecular weight excluding hydrogens is 375 g/mol. The molecule has 0 amide bonds. The van der Waals surface area contributed by atoms with Gasteiger partial charge >= 0.3 is 0 Å². The Kier molecular flexibility index (Phi) is 4.53. The standard InChI is InChI=1S/C15H11Br2FO/c1-9-2-4-11(16)7-13(9)15(19)6-10-3-5-12(17)8-14(10)18/h2-5,7-8H,6H2,1H3. The lowest BCUT2D eigenvalue weighted by Gasteiger charge is -2.07. The Morgan fingerprint density at radius 3 is 2.42 bits per heavy atom. The van der Waals surface area contributed by atoms with Crippen LogP contribution in [0.3, 0.4) is 0 Å². The summed E-state index contributed by atoms with van der Waals surface area (Å²) in [6.45, 7) is 1.87. The maximum absolute atomic E-state index is 13.7. The summed E-state index contributed by atoms with van der Waals surface area (Å²) in [5, 5.41) is 0. The lowest BCUT2D eigenvalue weighted by Crippen LogP contribution is -2.07. The number of Topliss-reactive ketones (excluding diaryl/α,β-unsaturated/α-hetero) is 1. The fourth-order valence-corrected chi connectivity index (χ4v) is 2.52. The highest BCUT2D eigenvalue weighted by molar-refractivity contribution is 9.10. The summed E-state index contributed by atoms with van der Waals surface area (Å²) in [5.41, 5.74) is 1.93. The van der Waals surface area contributed by atoms with Gasteiger partial charge in [-0.15, -0.1) is 0 Å². The number of hydrogen-bond acceptors (Lipinski definition) is 1. The van der Waals surface area contributed by atoms with Gasteiger partial charge in [0.25, 0.3) is 0 Å². The topological polar surface area (TPSA) is 17.1 Å². The van der Waals surface area contributed by atoms with Gasteiger partial charge in [0.15, 0.2) is 5.78 Å². The van der Waals surface area contributed by atoms with Gasteiger partial charge < -0.3 is 0 Å². The Hall–Kier alpha value is -1.00. The van der Waals surface area contributed by atoms with Crippen molar-refractivity contribution in [2.24, 2.45) is 0 Å². The van der Waals surface area contributed by atoms with Crippen LogP contribution < -0.4 is 0 Å². The fraction of sp³-hybridized carbons (Fsp3) is 0.133. The lowest BCUT2D eigenvalue weighted by atomic mass is 9.99. The maximum Gasteiger partial charge on any atom is 0.167 e. The van der Waals surface area contributed by atoms with Crippen molar-refractivity contribution in [2.45, 2.75) is 13.3 Å². The number of benzene rings is 2. The van der Waals surface area contributed by atoms with Crippen molar-refractivity contribution in [3.05, 3.63) is 67.9 Å². The Bertz CT molecular complexity index is 638. The van der Waals surface area contributed by atoms with Crippen LogP contribution in [-0.2, 0) is 6.42 Å². The number of aryl methyl sites for hydroxylation is 1. The average Bonchev–Trinajstić information content (AvgIpc) is 2.35. The van der Waals surface area contributed by atoms with Gasteiger partial charge in [0.2, 0.25) is 0 Å². The third-order valence-corrected chi connectivity index (χ3v) is 3.85. The Morgan fingerprint density at radius 1 is 1.11 bits per heavy atom. The van der Waals surface area contributed by atoms with E-state index in [9.17, 15) is 9.18 Å². The molecule has 0 aliphatic heterocycles. The molecule has 0 N–H and O–H groups in total. The smallest absolute Gasteiger partial charge is 0.167 e. The Balaban J connectivity index is 2.28. The molecule has 0 radical (unpaired) electrons. The van der Waals surface area contributed by atoms with Crippen molar-refractivity contribution in [1.82, 2.24) is 0 Å². The van der Waals surface area contributed by atoms with Crippen LogP contribution in [0.2, 0.25) is 0 Å². The molecular formula is C15H11Br2FO. The van der Waals surface area contributed by atoms with Gasteiger partial charge in [0.1, 0.15) is 5.82 Å². The first-order chi connectivity index (χ1) is 8.97. The summed E-state index contributed by atoms with van der Waals surface area (Å²) in [5.74, 6) is -0.449. The molecule has 4 heteroatoms. The summed E-state index contributed by atoms with van der Waals surface area (Å²) < 4.78 is 15.2. The van der Waals surface area contributed by atoms with Crippen LogP contribution in [0.15, 0.2) is 45.3 Å². The fourth-order valence-electron chi connectivity index (χ4n) is 1.83. The molecule has 0 bridgehead atoms. The van der Waals surface area contributed by atoms with Gasteiger partial charge in [0.05, 0.1) is 0 Å². The van der Waals surface area contributed by atoms with Gasteiger partial charge in [-0.05, 0) is 42.3 Å². The molecule has 0 aliphatic carbocycles. The summed E-state index contributed by atoms with van der Waals surface area (Å²) in [7, 11) is 0. The molecule has 2 aromatic carbocycles. The SMILES string of the molecule is Cc1ccc(Br)cc1C(=O)Cc1ccc(Br)cc1F. The molecule has 2 rings (SSSR count). The third-order valence-electron chi connectivity index (χ3n) is 2.87. The number of ketones is 1. The third kappa shape index (κ3) is 3.51. The minimum Gasteiger partial charge on any atom is -0.294 e. The highest BCUT2D eigenvalue weighted by Gasteiger charge is 2.13. The van der Waals surface area contributed by atoms with Crippen LogP contribution in [-0.4, -0.2) is 5.78 Å². The molecule has 0 heterocycles. The lowest BCUT2D eigenvalue weighted by molar-refractivity contribution is 0.0991. The molecule has 0 spiro atoms. The van der Waals surface area contributed by atoms with E-state index < -0.39 is 0 Å². The minimum absolute atomic E-state index is 0.0659. The van der Waals surface area contributed by atoms with E-state index in [1.54, 1.807) is 18.2 Å². The van der Waals surface area contributed by atoms with E-state index in [0.29, 0.717) is 15.6 Å². The predicted octanol–water partition coefficient (Wildman–Crippen LogP) is 5.08. The summed E-state index contributed by atoms with van der Waals surface area (Å²) >= 11 is 6.54. The Morgan fingerprint density at radius 2 is 1.74 bits per heavy atom. The zero-order chi connectivity index (χ0) is 14.0. The molecule has 98 valence electrons. The molecule has 0 atom stereocenters. The zero-order valence-corrected chi connectivity index (χ0v) is 13.4. The van der Waals surface area contributed by atoms with Crippen LogP contribution in [0.5, 0.6) is 0 Å².